The van der Waals surface area contributed by atoms with E-state index in [1.807, 2.05) is 18.7 Å². The maximum absolute atomic E-state index is 12.8. The molecule has 2 amide bonds. The third-order valence-corrected chi connectivity index (χ3v) is 5.12. The summed E-state index contributed by atoms with van der Waals surface area (Å²) in [5.41, 5.74) is 0.547. The Morgan fingerprint density at radius 1 is 1.12 bits per heavy atom. The Morgan fingerprint density at radius 2 is 1.76 bits per heavy atom. The topological polar surface area (TPSA) is 49.9 Å². The van der Waals surface area contributed by atoms with Crippen molar-refractivity contribution in [2.75, 3.05) is 33.3 Å². The Hall–Kier alpha value is -1.75. The summed E-state index contributed by atoms with van der Waals surface area (Å²) >= 11 is 6.13. The second-order valence-corrected chi connectivity index (χ2v) is 6.74. The highest BCUT2D eigenvalue weighted by Crippen LogP contribution is 2.25. The van der Waals surface area contributed by atoms with E-state index in [2.05, 4.69) is 0 Å². The van der Waals surface area contributed by atoms with Crippen molar-refractivity contribution in [3.8, 4) is 5.75 Å². The molecule has 0 N–H and O–H groups in total. The number of carbonyl (C=O) groups is 2. The quantitative estimate of drug-likeness (QED) is 0.801. The minimum atomic E-state index is -0.0543. The Balaban J connectivity index is 2.04. The zero-order valence-corrected chi connectivity index (χ0v) is 16.0. The molecule has 1 saturated heterocycles. The lowest BCUT2D eigenvalue weighted by Gasteiger charge is -2.25. The van der Waals surface area contributed by atoms with Crippen molar-refractivity contribution in [3.63, 3.8) is 0 Å². The number of methoxy groups -OCH3 is 1. The van der Waals surface area contributed by atoms with Crippen LogP contribution in [0, 0.1) is 5.92 Å². The van der Waals surface area contributed by atoms with Crippen LogP contribution in [-0.2, 0) is 4.79 Å². The third-order valence-electron chi connectivity index (χ3n) is 4.83. The molecule has 0 spiro atoms. The smallest absolute Gasteiger partial charge is 0.253 e. The maximum atomic E-state index is 12.8. The Bertz CT molecular complexity index is 617. The molecule has 2 rings (SSSR count). The van der Waals surface area contributed by atoms with Crippen molar-refractivity contribution in [1.82, 2.24) is 9.80 Å². The van der Waals surface area contributed by atoms with Crippen molar-refractivity contribution in [2.45, 2.75) is 33.1 Å². The lowest BCUT2D eigenvalue weighted by atomic mass is 10.0. The monoisotopic (exact) mass is 366 g/mol. The van der Waals surface area contributed by atoms with E-state index in [9.17, 15) is 9.59 Å². The molecule has 25 heavy (non-hydrogen) atoms. The van der Waals surface area contributed by atoms with Gasteiger partial charge in [-0.1, -0.05) is 25.4 Å². The largest absolute Gasteiger partial charge is 0.495 e. The van der Waals surface area contributed by atoms with Crippen LogP contribution in [0.15, 0.2) is 18.2 Å². The second kappa shape index (κ2) is 9.09. The number of ether oxygens (including phenoxy) is 1. The normalized spacial score (nSPS) is 15.2. The summed E-state index contributed by atoms with van der Waals surface area (Å²) in [6.45, 7) is 6.59. The molecule has 0 atom stereocenters. The van der Waals surface area contributed by atoms with Gasteiger partial charge in [0.2, 0.25) is 5.91 Å². The predicted molar refractivity (Wildman–Crippen MR) is 99.2 cm³/mol. The Kier molecular flexibility index (Phi) is 7.12. The van der Waals surface area contributed by atoms with Gasteiger partial charge in [-0.05, 0) is 37.5 Å². The molecular weight excluding hydrogens is 340 g/mol. The van der Waals surface area contributed by atoms with Gasteiger partial charge in [-0.3, -0.25) is 9.59 Å². The molecule has 6 heteroatoms. The highest BCUT2D eigenvalue weighted by molar-refractivity contribution is 6.32. The molecule has 0 aliphatic carbocycles. The fourth-order valence-electron chi connectivity index (χ4n) is 3.22. The summed E-state index contributed by atoms with van der Waals surface area (Å²) in [5, 5.41) is 0.425. The molecule has 1 aliphatic rings. The zero-order chi connectivity index (χ0) is 18.4. The first-order valence-electron chi connectivity index (χ1n) is 8.93. The summed E-state index contributed by atoms with van der Waals surface area (Å²) in [6, 6.07) is 5.07. The van der Waals surface area contributed by atoms with Crippen molar-refractivity contribution in [2.24, 2.45) is 5.92 Å². The van der Waals surface area contributed by atoms with Gasteiger partial charge >= 0.3 is 0 Å². The fraction of sp³-hybridized carbons (Fsp3) is 0.579. The molecule has 1 aliphatic heterocycles. The van der Waals surface area contributed by atoms with Crippen LogP contribution in [0.1, 0.15) is 43.5 Å². The van der Waals surface area contributed by atoms with Crippen LogP contribution in [0.2, 0.25) is 5.02 Å². The molecule has 1 fully saturated rings. The van der Waals surface area contributed by atoms with E-state index in [0.29, 0.717) is 42.5 Å². The number of hydrogen-bond acceptors (Lipinski definition) is 3. The van der Waals surface area contributed by atoms with Crippen LogP contribution in [-0.4, -0.2) is 54.9 Å². The van der Waals surface area contributed by atoms with Crippen LogP contribution in [0.3, 0.4) is 0 Å². The number of rotatable bonds is 5. The molecule has 5 nitrogen and oxygen atoms in total. The van der Waals surface area contributed by atoms with Crippen molar-refractivity contribution >= 4 is 23.4 Å². The van der Waals surface area contributed by atoms with E-state index in [4.69, 9.17) is 16.3 Å². The number of benzene rings is 1. The summed E-state index contributed by atoms with van der Waals surface area (Å²) in [7, 11) is 1.54. The third kappa shape index (κ3) is 4.66. The fourth-order valence-corrected chi connectivity index (χ4v) is 3.48. The molecule has 0 saturated carbocycles. The van der Waals surface area contributed by atoms with E-state index in [1.165, 1.54) is 0 Å². The zero-order valence-electron chi connectivity index (χ0n) is 15.3. The molecular formula is C19H27ClN2O3. The van der Waals surface area contributed by atoms with Crippen LogP contribution in [0.25, 0.3) is 0 Å². The molecule has 0 unspecified atom stereocenters. The first kappa shape index (κ1) is 19.6. The average molecular weight is 367 g/mol. The minimum absolute atomic E-state index is 0.0543. The summed E-state index contributed by atoms with van der Waals surface area (Å²) in [4.78, 5) is 29.0. The average Bonchev–Trinajstić information content (AvgIpc) is 2.88. The standard InChI is InChI=1S/C19H27ClN2O3/c1-4-14(5-2)18(23)21-9-6-10-22(12-11-21)19(24)15-7-8-17(25-3)16(20)13-15/h7-8,13-14H,4-6,9-12H2,1-3H3. The van der Waals surface area contributed by atoms with Crippen LogP contribution in [0.5, 0.6) is 5.75 Å². The van der Waals surface area contributed by atoms with Gasteiger partial charge < -0.3 is 14.5 Å². The number of halogens is 1. The van der Waals surface area contributed by atoms with Gasteiger partial charge in [-0.2, -0.15) is 0 Å². The van der Waals surface area contributed by atoms with E-state index in [1.54, 1.807) is 30.2 Å². The van der Waals surface area contributed by atoms with Crippen molar-refractivity contribution in [3.05, 3.63) is 28.8 Å². The highest BCUT2D eigenvalue weighted by Gasteiger charge is 2.26. The Labute approximate surface area is 154 Å². The molecule has 1 aromatic carbocycles. The SMILES string of the molecule is CCC(CC)C(=O)N1CCCN(C(=O)c2ccc(OC)c(Cl)c2)CC1. The van der Waals surface area contributed by atoms with E-state index in [0.717, 1.165) is 19.3 Å². The summed E-state index contributed by atoms with van der Waals surface area (Å²) < 4.78 is 5.13. The number of nitrogens with zero attached hydrogens (tertiary/aromatic N) is 2. The second-order valence-electron chi connectivity index (χ2n) is 6.33. The molecule has 0 radical (unpaired) electrons. The van der Waals surface area contributed by atoms with Gasteiger partial charge in [0, 0.05) is 37.7 Å². The van der Waals surface area contributed by atoms with Crippen LogP contribution < -0.4 is 4.74 Å². The van der Waals surface area contributed by atoms with Gasteiger partial charge in [0.05, 0.1) is 12.1 Å². The van der Waals surface area contributed by atoms with Crippen molar-refractivity contribution < 1.29 is 14.3 Å². The summed E-state index contributed by atoms with van der Waals surface area (Å²) in [6.07, 6.45) is 2.51. The summed E-state index contributed by atoms with van der Waals surface area (Å²) in [5.74, 6) is 0.798. The van der Waals surface area contributed by atoms with Crippen LogP contribution >= 0.6 is 11.6 Å². The van der Waals surface area contributed by atoms with Gasteiger partial charge in [0.25, 0.3) is 5.91 Å². The molecule has 0 aromatic heterocycles. The predicted octanol–water partition coefficient (Wildman–Crippen LogP) is 3.46. The molecule has 0 bridgehead atoms. The van der Waals surface area contributed by atoms with Gasteiger partial charge in [0.15, 0.2) is 0 Å². The lowest BCUT2D eigenvalue weighted by molar-refractivity contribution is -0.135. The lowest BCUT2D eigenvalue weighted by Crippen LogP contribution is -2.39. The number of amides is 2. The first-order valence-corrected chi connectivity index (χ1v) is 9.31. The van der Waals surface area contributed by atoms with E-state index >= 15 is 0 Å². The van der Waals surface area contributed by atoms with E-state index < -0.39 is 0 Å². The van der Waals surface area contributed by atoms with E-state index in [-0.39, 0.29) is 17.7 Å². The van der Waals surface area contributed by atoms with Crippen molar-refractivity contribution in [1.29, 1.82) is 0 Å². The molecule has 138 valence electrons. The first-order chi connectivity index (χ1) is 12.0. The maximum Gasteiger partial charge on any atom is 0.253 e. The Morgan fingerprint density at radius 3 is 2.36 bits per heavy atom. The molecule has 1 aromatic rings. The van der Waals surface area contributed by atoms with Gasteiger partial charge in [-0.25, -0.2) is 0 Å². The highest BCUT2D eigenvalue weighted by atomic mass is 35.5. The molecule has 1 heterocycles. The van der Waals surface area contributed by atoms with Gasteiger partial charge in [-0.15, -0.1) is 0 Å². The number of carbonyl (C=O) groups excluding carboxylic acids is 2. The van der Waals surface area contributed by atoms with Gasteiger partial charge in [0.1, 0.15) is 5.75 Å². The van der Waals surface area contributed by atoms with Crippen LogP contribution in [0.4, 0.5) is 0 Å². The number of hydrogen-bond donors (Lipinski definition) is 0. The minimum Gasteiger partial charge on any atom is -0.495 e.